The predicted octanol–water partition coefficient (Wildman–Crippen LogP) is 14.4. The third-order valence-electron chi connectivity index (χ3n) is 12.6. The van der Waals surface area contributed by atoms with Gasteiger partial charge in [0.05, 0.1) is 5.41 Å². The molecule has 0 N–H and O–H groups in total. The minimum absolute atomic E-state index is 0.0146. The second-order valence-electron chi connectivity index (χ2n) is 17.7. The van der Waals surface area contributed by atoms with Crippen molar-refractivity contribution in [1.82, 2.24) is 0 Å². The molecule has 1 nitrogen and oxygen atoms in total. The zero-order valence-corrected chi connectivity index (χ0v) is 31.8. The molecule has 0 saturated carbocycles. The van der Waals surface area contributed by atoms with E-state index in [1.807, 2.05) is 0 Å². The summed E-state index contributed by atoms with van der Waals surface area (Å²) in [6.07, 6.45) is 0. The lowest BCUT2D eigenvalue weighted by atomic mass is 9.68. The molecular weight excluding hydrogens is 653 g/mol. The fourth-order valence-corrected chi connectivity index (χ4v) is 9.85. The van der Waals surface area contributed by atoms with Crippen molar-refractivity contribution in [3.8, 4) is 56.0 Å². The van der Waals surface area contributed by atoms with Crippen molar-refractivity contribution in [1.29, 1.82) is 0 Å². The second kappa shape index (κ2) is 10.6. The Morgan fingerprint density at radius 2 is 0.944 bits per heavy atom. The Kier molecular flexibility index (Phi) is 6.21. The van der Waals surface area contributed by atoms with E-state index in [-0.39, 0.29) is 10.8 Å². The largest absolute Gasteiger partial charge is 0.456 e. The van der Waals surface area contributed by atoms with Gasteiger partial charge in [0, 0.05) is 10.9 Å². The Morgan fingerprint density at radius 1 is 0.389 bits per heavy atom. The number of fused-ring (bicyclic) bond motifs is 13. The monoisotopic (exact) mass is 694 g/mol. The molecule has 260 valence electrons. The standard InChI is InChI=1S/C53H42O/c1-51(2,3)34-19-22-39-40-23-20-35(52(4,5)6)30-47(40)53(46(39)29-34)44-17-10-9-14-37(44)38-21-18-33(27-45(38)53)36-24-25-48-50-41(36)15-11-16-42(50)43-26-31-12-7-8-13-32(31)28-49(43)54-48/h7-30H,1-6H3. The lowest BCUT2D eigenvalue weighted by Gasteiger charge is -2.33. The van der Waals surface area contributed by atoms with E-state index in [0.717, 1.165) is 17.1 Å². The Labute approximate surface area is 317 Å². The van der Waals surface area contributed by atoms with Crippen molar-refractivity contribution in [3.05, 3.63) is 179 Å². The highest BCUT2D eigenvalue weighted by molar-refractivity contribution is 6.11. The van der Waals surface area contributed by atoms with E-state index in [1.54, 1.807) is 0 Å². The minimum Gasteiger partial charge on any atom is -0.456 e. The Morgan fingerprint density at radius 3 is 1.63 bits per heavy atom. The molecule has 3 aliphatic rings. The number of ether oxygens (including phenoxy) is 1. The molecule has 0 amide bonds. The fourth-order valence-electron chi connectivity index (χ4n) is 9.85. The first-order chi connectivity index (χ1) is 26.0. The van der Waals surface area contributed by atoms with Gasteiger partial charge in [-0.15, -0.1) is 0 Å². The molecule has 0 atom stereocenters. The molecule has 2 aliphatic carbocycles. The quantitative estimate of drug-likeness (QED) is 0.166. The molecule has 1 aliphatic heterocycles. The number of hydrogen-bond donors (Lipinski definition) is 0. The van der Waals surface area contributed by atoms with Gasteiger partial charge in [-0.2, -0.15) is 0 Å². The van der Waals surface area contributed by atoms with Gasteiger partial charge in [-0.05, 0) is 124 Å². The van der Waals surface area contributed by atoms with Gasteiger partial charge in [0.2, 0.25) is 0 Å². The molecule has 0 unspecified atom stereocenters. The van der Waals surface area contributed by atoms with Gasteiger partial charge in [0.25, 0.3) is 0 Å². The maximum Gasteiger partial charge on any atom is 0.135 e. The summed E-state index contributed by atoms with van der Waals surface area (Å²) in [5, 5.41) is 4.81. The Bertz CT molecular complexity index is 2860. The van der Waals surface area contributed by atoms with Crippen LogP contribution in [-0.2, 0) is 16.2 Å². The van der Waals surface area contributed by atoms with Gasteiger partial charge in [0.1, 0.15) is 11.5 Å². The normalized spacial score (nSPS) is 14.4. The van der Waals surface area contributed by atoms with E-state index in [0.29, 0.717) is 0 Å². The maximum atomic E-state index is 6.70. The van der Waals surface area contributed by atoms with Crippen LogP contribution in [-0.4, -0.2) is 0 Å². The van der Waals surface area contributed by atoms with Crippen LogP contribution in [0.5, 0.6) is 11.5 Å². The van der Waals surface area contributed by atoms with Gasteiger partial charge >= 0.3 is 0 Å². The van der Waals surface area contributed by atoms with Crippen molar-refractivity contribution >= 4 is 21.5 Å². The third-order valence-corrected chi connectivity index (χ3v) is 12.6. The van der Waals surface area contributed by atoms with E-state index in [2.05, 4.69) is 187 Å². The summed E-state index contributed by atoms with van der Waals surface area (Å²) >= 11 is 0. The second-order valence-corrected chi connectivity index (χ2v) is 17.7. The zero-order valence-electron chi connectivity index (χ0n) is 31.8. The summed E-state index contributed by atoms with van der Waals surface area (Å²) in [7, 11) is 0. The molecule has 0 saturated heterocycles. The fraction of sp³-hybridized carbons (Fsp3) is 0.170. The van der Waals surface area contributed by atoms with Crippen LogP contribution in [0.2, 0.25) is 0 Å². The van der Waals surface area contributed by atoms with Crippen LogP contribution in [0.1, 0.15) is 74.9 Å². The van der Waals surface area contributed by atoms with Gasteiger partial charge in [0.15, 0.2) is 0 Å². The van der Waals surface area contributed by atoms with Crippen molar-refractivity contribution in [2.45, 2.75) is 57.8 Å². The highest BCUT2D eigenvalue weighted by atomic mass is 16.5. The molecule has 0 aromatic heterocycles. The van der Waals surface area contributed by atoms with Crippen LogP contribution in [0.25, 0.3) is 66.1 Å². The molecule has 8 aromatic carbocycles. The topological polar surface area (TPSA) is 9.23 Å². The average Bonchev–Trinajstić information content (AvgIpc) is 3.63. The summed E-state index contributed by atoms with van der Waals surface area (Å²) in [5.74, 6) is 1.83. The molecule has 0 bridgehead atoms. The number of rotatable bonds is 1. The molecule has 1 spiro atoms. The third kappa shape index (κ3) is 4.16. The van der Waals surface area contributed by atoms with E-state index < -0.39 is 5.41 Å². The first-order valence-electron chi connectivity index (χ1n) is 19.3. The number of benzene rings is 8. The molecule has 1 heterocycles. The summed E-state index contributed by atoms with van der Waals surface area (Å²) < 4.78 is 6.70. The summed E-state index contributed by atoms with van der Waals surface area (Å²) in [6, 6.07) is 55.2. The van der Waals surface area contributed by atoms with Crippen LogP contribution in [0.4, 0.5) is 0 Å². The van der Waals surface area contributed by atoms with Gasteiger partial charge < -0.3 is 4.74 Å². The lowest BCUT2D eigenvalue weighted by molar-refractivity contribution is 0.488. The SMILES string of the molecule is CC(C)(C)c1ccc2c(c1)C1(c3ccccc3-c3ccc(-c4ccc5c6c(cccc46)-c4cc6ccccc6cc4O5)cc31)c1cc(C(C)(C)C)ccc1-2. The van der Waals surface area contributed by atoms with E-state index in [9.17, 15) is 0 Å². The van der Waals surface area contributed by atoms with E-state index in [1.165, 1.54) is 93.9 Å². The van der Waals surface area contributed by atoms with Crippen LogP contribution < -0.4 is 4.74 Å². The van der Waals surface area contributed by atoms with Crippen LogP contribution in [0, 0.1) is 0 Å². The Balaban J connectivity index is 1.19. The molecular formula is C53H42O. The van der Waals surface area contributed by atoms with Crippen LogP contribution in [0.15, 0.2) is 146 Å². The van der Waals surface area contributed by atoms with E-state index >= 15 is 0 Å². The number of hydrogen-bond acceptors (Lipinski definition) is 1. The van der Waals surface area contributed by atoms with Crippen molar-refractivity contribution in [2.24, 2.45) is 0 Å². The molecule has 0 fully saturated rings. The van der Waals surface area contributed by atoms with Crippen LogP contribution in [0.3, 0.4) is 0 Å². The van der Waals surface area contributed by atoms with Crippen molar-refractivity contribution < 1.29 is 4.74 Å². The molecule has 11 rings (SSSR count). The van der Waals surface area contributed by atoms with Gasteiger partial charge in [-0.25, -0.2) is 0 Å². The first-order valence-corrected chi connectivity index (χ1v) is 19.3. The van der Waals surface area contributed by atoms with Gasteiger partial charge in [-0.3, -0.25) is 0 Å². The highest BCUT2D eigenvalue weighted by Gasteiger charge is 2.52. The minimum atomic E-state index is -0.440. The van der Waals surface area contributed by atoms with Crippen LogP contribution >= 0.6 is 0 Å². The van der Waals surface area contributed by atoms with Crippen molar-refractivity contribution in [3.63, 3.8) is 0 Å². The summed E-state index contributed by atoms with van der Waals surface area (Å²) in [5.41, 5.74) is 18.0. The average molecular weight is 695 g/mol. The Hall–Kier alpha value is -5.92. The zero-order chi connectivity index (χ0) is 36.7. The molecule has 54 heavy (non-hydrogen) atoms. The molecule has 1 heteroatoms. The summed E-state index contributed by atoms with van der Waals surface area (Å²) in [6.45, 7) is 14.0. The summed E-state index contributed by atoms with van der Waals surface area (Å²) in [4.78, 5) is 0. The highest BCUT2D eigenvalue weighted by Crippen LogP contribution is 2.64. The lowest BCUT2D eigenvalue weighted by Crippen LogP contribution is -2.27. The maximum absolute atomic E-state index is 6.70. The first kappa shape index (κ1) is 31.6. The molecule has 8 aromatic rings. The van der Waals surface area contributed by atoms with Gasteiger partial charge in [-0.1, -0.05) is 163 Å². The molecule has 0 radical (unpaired) electrons. The van der Waals surface area contributed by atoms with Crippen molar-refractivity contribution in [2.75, 3.05) is 0 Å². The predicted molar refractivity (Wildman–Crippen MR) is 226 cm³/mol. The van der Waals surface area contributed by atoms with E-state index in [4.69, 9.17) is 4.74 Å². The smallest absolute Gasteiger partial charge is 0.135 e.